The Balaban J connectivity index is 1.23. The molecule has 4 rings (SSSR count). The Morgan fingerprint density at radius 2 is 1.84 bits per heavy atom. The number of aromatic amines is 2. The summed E-state index contributed by atoms with van der Waals surface area (Å²) in [5.41, 5.74) is 1.09. The number of carbonyl (C=O) groups is 1. The van der Waals surface area contributed by atoms with Gasteiger partial charge in [0, 0.05) is 25.0 Å². The molecule has 2 aromatic rings. The van der Waals surface area contributed by atoms with Crippen LogP contribution in [0.1, 0.15) is 48.9 Å². The van der Waals surface area contributed by atoms with Crippen molar-refractivity contribution < 1.29 is 4.79 Å². The molecule has 1 saturated carbocycles. The lowest BCUT2D eigenvalue weighted by Crippen LogP contribution is -2.51. The number of rotatable bonds is 3. The molecule has 2 amide bonds. The smallest absolute Gasteiger partial charge is 0.335 e. The summed E-state index contributed by atoms with van der Waals surface area (Å²) in [5.74, 6) is 1.48. The van der Waals surface area contributed by atoms with Crippen molar-refractivity contribution in [1.82, 2.24) is 25.4 Å². The van der Waals surface area contributed by atoms with Gasteiger partial charge < -0.3 is 10.2 Å². The van der Waals surface area contributed by atoms with Gasteiger partial charge in [0.2, 0.25) is 0 Å². The number of amides is 2. The largest absolute Gasteiger partial charge is 0.340 e. The molecule has 0 radical (unpaired) electrons. The first kappa shape index (κ1) is 15.9. The van der Waals surface area contributed by atoms with Crippen LogP contribution in [0, 0.1) is 0 Å². The summed E-state index contributed by atoms with van der Waals surface area (Å²) >= 11 is 0. The second-order valence-corrected chi connectivity index (χ2v) is 7.05. The molecule has 2 fully saturated rings. The van der Waals surface area contributed by atoms with Crippen LogP contribution in [0.3, 0.4) is 0 Å². The molecular weight excluding hydrogens is 318 g/mol. The Kier molecular flexibility index (Phi) is 4.29. The summed E-state index contributed by atoms with van der Waals surface area (Å²) in [6, 6.07) is 10.8. The number of H-pyrrole nitrogens is 2. The van der Waals surface area contributed by atoms with Crippen molar-refractivity contribution in [2.45, 2.75) is 43.6 Å². The summed E-state index contributed by atoms with van der Waals surface area (Å²) in [6.07, 6.45) is 3.68. The maximum absolute atomic E-state index is 12.4. The first-order chi connectivity index (χ1) is 12.2. The molecule has 1 aromatic carbocycles. The van der Waals surface area contributed by atoms with E-state index in [9.17, 15) is 9.59 Å². The topological polar surface area (TPSA) is 93.9 Å². The summed E-state index contributed by atoms with van der Waals surface area (Å²) in [5, 5.41) is 9.56. The summed E-state index contributed by atoms with van der Waals surface area (Å²) < 4.78 is 0. The van der Waals surface area contributed by atoms with Crippen LogP contribution in [0.4, 0.5) is 4.79 Å². The highest BCUT2D eigenvalue weighted by molar-refractivity contribution is 5.74. The second-order valence-electron chi connectivity index (χ2n) is 7.05. The minimum absolute atomic E-state index is 0.0329. The predicted molar refractivity (Wildman–Crippen MR) is 93.5 cm³/mol. The lowest BCUT2D eigenvalue weighted by molar-refractivity contribution is 0.167. The molecule has 7 nitrogen and oxygen atoms in total. The minimum Gasteiger partial charge on any atom is -0.335 e. The quantitative estimate of drug-likeness (QED) is 0.796. The lowest BCUT2D eigenvalue weighted by Gasteiger charge is -2.38. The second kappa shape index (κ2) is 6.74. The highest BCUT2D eigenvalue weighted by Crippen LogP contribution is 2.36. The third kappa shape index (κ3) is 3.45. The molecule has 7 heteroatoms. The molecular formula is C18H23N5O2. The van der Waals surface area contributed by atoms with E-state index in [4.69, 9.17) is 0 Å². The molecule has 1 aliphatic heterocycles. The average Bonchev–Trinajstić information content (AvgIpc) is 3.05. The standard InChI is InChI=1S/C18H23N5O2/c24-17-20-16(21-22-17)13-6-8-23(9-7-13)18(25)19-15-10-14(11-15)12-4-2-1-3-5-12/h1-5,13-15H,6-11H2,(H,19,25)(H2,20,21,22,24). The number of likely N-dealkylation sites (tertiary alicyclic amines) is 1. The van der Waals surface area contributed by atoms with Gasteiger partial charge in [-0.1, -0.05) is 30.3 Å². The van der Waals surface area contributed by atoms with Gasteiger partial charge in [-0.3, -0.25) is 4.98 Å². The fraction of sp³-hybridized carbons (Fsp3) is 0.500. The highest BCUT2D eigenvalue weighted by atomic mass is 16.2. The number of nitrogens with one attached hydrogen (secondary N) is 3. The Labute approximate surface area is 145 Å². The molecule has 1 saturated heterocycles. The minimum atomic E-state index is -0.270. The molecule has 2 aliphatic rings. The van der Waals surface area contributed by atoms with Crippen molar-refractivity contribution in [3.8, 4) is 0 Å². The van der Waals surface area contributed by atoms with Crippen LogP contribution < -0.4 is 11.0 Å². The van der Waals surface area contributed by atoms with Gasteiger partial charge in [0.15, 0.2) is 0 Å². The number of benzene rings is 1. The number of hydrogen-bond donors (Lipinski definition) is 3. The predicted octanol–water partition coefficient (Wildman–Crippen LogP) is 1.93. The molecule has 0 unspecified atom stereocenters. The van der Waals surface area contributed by atoms with Crippen LogP contribution in [0.2, 0.25) is 0 Å². The van der Waals surface area contributed by atoms with Gasteiger partial charge in [-0.05, 0) is 37.2 Å². The van der Waals surface area contributed by atoms with Crippen LogP contribution in [-0.2, 0) is 0 Å². The zero-order valence-electron chi connectivity index (χ0n) is 14.1. The van der Waals surface area contributed by atoms with E-state index in [1.807, 2.05) is 11.0 Å². The van der Waals surface area contributed by atoms with Gasteiger partial charge in [-0.15, -0.1) is 0 Å². The zero-order valence-corrected chi connectivity index (χ0v) is 14.1. The molecule has 0 bridgehead atoms. The van der Waals surface area contributed by atoms with Crippen molar-refractivity contribution in [1.29, 1.82) is 0 Å². The Bertz CT molecular complexity index is 770. The van der Waals surface area contributed by atoms with Gasteiger partial charge in [0.05, 0.1) is 0 Å². The Morgan fingerprint density at radius 3 is 2.48 bits per heavy atom. The lowest BCUT2D eigenvalue weighted by atomic mass is 9.76. The summed E-state index contributed by atoms with van der Waals surface area (Å²) in [4.78, 5) is 28.2. The van der Waals surface area contributed by atoms with Crippen LogP contribution in [0.5, 0.6) is 0 Å². The average molecular weight is 341 g/mol. The van der Waals surface area contributed by atoms with Gasteiger partial charge >= 0.3 is 11.7 Å². The molecule has 132 valence electrons. The number of hydrogen-bond acceptors (Lipinski definition) is 3. The molecule has 1 aromatic heterocycles. The molecule has 1 aliphatic carbocycles. The number of piperidine rings is 1. The van der Waals surface area contributed by atoms with Crippen LogP contribution in [0.15, 0.2) is 35.1 Å². The molecule has 25 heavy (non-hydrogen) atoms. The first-order valence-electron chi connectivity index (χ1n) is 8.94. The maximum Gasteiger partial charge on any atom is 0.340 e. The Morgan fingerprint density at radius 1 is 1.12 bits per heavy atom. The molecule has 0 atom stereocenters. The van der Waals surface area contributed by atoms with Gasteiger partial charge in [-0.25, -0.2) is 14.7 Å². The van der Waals surface area contributed by atoms with E-state index in [0.717, 1.165) is 25.7 Å². The van der Waals surface area contributed by atoms with Crippen molar-refractivity contribution >= 4 is 6.03 Å². The third-order valence-electron chi connectivity index (χ3n) is 5.43. The van der Waals surface area contributed by atoms with Gasteiger partial charge in [0.25, 0.3) is 0 Å². The number of carbonyl (C=O) groups excluding carboxylic acids is 1. The Hall–Kier alpha value is -2.57. The van der Waals surface area contributed by atoms with Gasteiger partial charge in [0.1, 0.15) is 5.82 Å². The van der Waals surface area contributed by atoms with Crippen LogP contribution in [-0.4, -0.2) is 45.2 Å². The van der Waals surface area contributed by atoms with Crippen molar-refractivity contribution in [3.63, 3.8) is 0 Å². The summed E-state index contributed by atoms with van der Waals surface area (Å²) in [7, 11) is 0. The zero-order chi connectivity index (χ0) is 17.2. The van der Waals surface area contributed by atoms with E-state index in [2.05, 4.69) is 44.8 Å². The van der Waals surface area contributed by atoms with Gasteiger partial charge in [-0.2, -0.15) is 5.10 Å². The third-order valence-corrected chi connectivity index (χ3v) is 5.43. The normalized spacial score (nSPS) is 23.9. The van der Waals surface area contributed by atoms with Crippen molar-refractivity contribution in [2.24, 2.45) is 0 Å². The maximum atomic E-state index is 12.4. The number of nitrogens with zero attached hydrogens (tertiary/aromatic N) is 2. The fourth-order valence-corrected chi connectivity index (χ4v) is 3.83. The van der Waals surface area contributed by atoms with E-state index < -0.39 is 0 Å². The SMILES string of the molecule is O=C(NC1CC(c2ccccc2)C1)N1CCC(c2n[nH]c(=O)[nH]2)CC1. The van der Waals surface area contributed by atoms with Crippen LogP contribution in [0.25, 0.3) is 0 Å². The van der Waals surface area contributed by atoms with E-state index in [1.54, 1.807) is 0 Å². The van der Waals surface area contributed by atoms with Crippen molar-refractivity contribution in [2.75, 3.05) is 13.1 Å². The van der Waals surface area contributed by atoms with Crippen molar-refractivity contribution in [3.05, 3.63) is 52.2 Å². The van der Waals surface area contributed by atoms with Crippen LogP contribution >= 0.6 is 0 Å². The number of aromatic nitrogens is 3. The summed E-state index contributed by atoms with van der Waals surface area (Å²) in [6.45, 7) is 1.39. The number of urea groups is 1. The van der Waals surface area contributed by atoms with E-state index in [0.29, 0.717) is 24.8 Å². The fourth-order valence-electron chi connectivity index (χ4n) is 3.83. The molecule has 2 heterocycles. The highest BCUT2D eigenvalue weighted by Gasteiger charge is 2.33. The van der Waals surface area contributed by atoms with E-state index in [-0.39, 0.29) is 23.7 Å². The van der Waals surface area contributed by atoms with E-state index >= 15 is 0 Å². The first-order valence-corrected chi connectivity index (χ1v) is 8.94. The monoisotopic (exact) mass is 341 g/mol. The molecule has 0 spiro atoms. The molecule has 3 N–H and O–H groups in total. The van der Waals surface area contributed by atoms with E-state index in [1.165, 1.54) is 5.56 Å².